The second-order valence-electron chi connectivity index (χ2n) is 3.89. The molecule has 2 rings (SSSR count). The lowest BCUT2D eigenvalue weighted by Gasteiger charge is -2.28. The molecule has 1 saturated heterocycles. The van der Waals surface area contributed by atoms with Crippen molar-refractivity contribution in [1.82, 2.24) is 9.88 Å². The SMILES string of the molecule is COC(=O)c1cn(C)c(=O)cc1OC1CNC1. The third-order valence-corrected chi connectivity index (χ3v) is 2.63. The van der Waals surface area contributed by atoms with Crippen LogP contribution in [-0.2, 0) is 11.8 Å². The number of pyridine rings is 1. The van der Waals surface area contributed by atoms with Crippen LogP contribution in [0, 0.1) is 0 Å². The molecule has 6 heteroatoms. The Bertz CT molecular complexity index is 491. The first-order valence-corrected chi connectivity index (χ1v) is 5.28. The van der Waals surface area contributed by atoms with Gasteiger partial charge in [0.2, 0.25) is 0 Å². The summed E-state index contributed by atoms with van der Waals surface area (Å²) in [4.78, 5) is 23.1. The van der Waals surface area contributed by atoms with E-state index in [1.807, 2.05) is 0 Å². The number of nitrogens with one attached hydrogen (secondary N) is 1. The second-order valence-corrected chi connectivity index (χ2v) is 3.89. The Morgan fingerprint density at radius 1 is 1.53 bits per heavy atom. The molecule has 17 heavy (non-hydrogen) atoms. The number of carbonyl (C=O) groups is 1. The van der Waals surface area contributed by atoms with E-state index in [9.17, 15) is 9.59 Å². The quantitative estimate of drug-likeness (QED) is 0.720. The van der Waals surface area contributed by atoms with Gasteiger partial charge < -0.3 is 19.4 Å². The van der Waals surface area contributed by atoms with E-state index in [2.05, 4.69) is 10.1 Å². The van der Waals surface area contributed by atoms with Gasteiger partial charge in [0.1, 0.15) is 17.4 Å². The molecule has 0 unspecified atom stereocenters. The van der Waals surface area contributed by atoms with E-state index < -0.39 is 5.97 Å². The van der Waals surface area contributed by atoms with Gasteiger partial charge >= 0.3 is 5.97 Å². The summed E-state index contributed by atoms with van der Waals surface area (Å²) in [6.07, 6.45) is 1.43. The molecule has 2 heterocycles. The van der Waals surface area contributed by atoms with Crippen LogP contribution in [0.15, 0.2) is 17.1 Å². The molecule has 1 aromatic rings. The Morgan fingerprint density at radius 3 is 2.76 bits per heavy atom. The average molecular weight is 238 g/mol. The minimum absolute atomic E-state index is 0.00510. The van der Waals surface area contributed by atoms with Crippen LogP contribution in [0.1, 0.15) is 10.4 Å². The van der Waals surface area contributed by atoms with E-state index in [0.717, 1.165) is 13.1 Å². The van der Waals surface area contributed by atoms with E-state index in [1.54, 1.807) is 7.05 Å². The van der Waals surface area contributed by atoms with E-state index >= 15 is 0 Å². The molecule has 0 aliphatic carbocycles. The first-order valence-electron chi connectivity index (χ1n) is 5.28. The molecular weight excluding hydrogens is 224 g/mol. The molecule has 0 radical (unpaired) electrons. The van der Waals surface area contributed by atoms with Gasteiger partial charge in [-0.05, 0) is 0 Å². The molecule has 1 aliphatic rings. The van der Waals surface area contributed by atoms with Crippen LogP contribution in [0.4, 0.5) is 0 Å². The molecule has 0 amide bonds. The number of esters is 1. The van der Waals surface area contributed by atoms with Gasteiger partial charge in [-0.3, -0.25) is 4.79 Å². The Balaban J connectivity index is 2.35. The highest BCUT2D eigenvalue weighted by Gasteiger charge is 2.22. The fraction of sp³-hybridized carbons (Fsp3) is 0.455. The van der Waals surface area contributed by atoms with Crippen molar-refractivity contribution in [2.24, 2.45) is 7.05 Å². The lowest BCUT2D eigenvalue weighted by atomic mass is 10.2. The molecule has 1 aliphatic heterocycles. The van der Waals surface area contributed by atoms with Gasteiger partial charge in [0.25, 0.3) is 5.56 Å². The van der Waals surface area contributed by atoms with E-state index in [4.69, 9.17) is 4.74 Å². The Hall–Kier alpha value is -1.82. The van der Waals surface area contributed by atoms with Gasteiger partial charge in [-0.1, -0.05) is 0 Å². The summed E-state index contributed by atoms with van der Waals surface area (Å²) in [5.41, 5.74) is 0.0430. The fourth-order valence-electron chi connectivity index (χ4n) is 1.50. The largest absolute Gasteiger partial charge is 0.487 e. The number of ether oxygens (including phenoxy) is 2. The van der Waals surface area contributed by atoms with E-state index in [-0.39, 0.29) is 23.0 Å². The number of aryl methyl sites for hydroxylation is 1. The normalized spacial score (nSPS) is 15.2. The molecule has 1 fully saturated rings. The van der Waals surface area contributed by atoms with Crippen LogP contribution in [0.25, 0.3) is 0 Å². The molecule has 92 valence electrons. The van der Waals surface area contributed by atoms with Crippen molar-refractivity contribution in [3.8, 4) is 5.75 Å². The molecule has 1 N–H and O–H groups in total. The fourth-order valence-corrected chi connectivity index (χ4v) is 1.50. The lowest BCUT2D eigenvalue weighted by Crippen LogP contribution is -2.50. The molecule has 1 aromatic heterocycles. The molecule has 0 bridgehead atoms. The van der Waals surface area contributed by atoms with Crippen LogP contribution in [0.2, 0.25) is 0 Å². The van der Waals surface area contributed by atoms with Crippen LogP contribution >= 0.6 is 0 Å². The third kappa shape index (κ3) is 2.31. The molecule has 6 nitrogen and oxygen atoms in total. The van der Waals surface area contributed by atoms with Crippen LogP contribution in [0.3, 0.4) is 0 Å². The van der Waals surface area contributed by atoms with Crippen molar-refractivity contribution in [2.75, 3.05) is 20.2 Å². The van der Waals surface area contributed by atoms with Crippen molar-refractivity contribution in [3.63, 3.8) is 0 Å². The van der Waals surface area contributed by atoms with E-state index in [1.165, 1.54) is 23.9 Å². The summed E-state index contributed by atoms with van der Waals surface area (Å²) in [7, 11) is 2.87. The number of carbonyl (C=O) groups excluding carboxylic acids is 1. The number of rotatable bonds is 3. The molecular formula is C11H14N2O4. The number of methoxy groups -OCH3 is 1. The lowest BCUT2D eigenvalue weighted by molar-refractivity contribution is 0.0587. The Labute approximate surface area is 98.1 Å². The first kappa shape index (κ1) is 11.7. The van der Waals surface area contributed by atoms with Gasteiger partial charge in [0.15, 0.2) is 0 Å². The predicted octanol–water partition coefficient (Wildman–Crippen LogP) is -0.477. The Morgan fingerprint density at radius 2 is 2.24 bits per heavy atom. The monoisotopic (exact) mass is 238 g/mol. The highest BCUT2D eigenvalue weighted by Crippen LogP contribution is 2.19. The highest BCUT2D eigenvalue weighted by molar-refractivity contribution is 5.92. The summed E-state index contributed by atoms with van der Waals surface area (Å²) >= 11 is 0. The third-order valence-electron chi connectivity index (χ3n) is 2.63. The van der Waals surface area contributed by atoms with Crippen molar-refractivity contribution >= 4 is 5.97 Å². The van der Waals surface area contributed by atoms with E-state index in [0.29, 0.717) is 0 Å². The minimum atomic E-state index is -0.511. The number of hydrogen-bond acceptors (Lipinski definition) is 5. The maximum Gasteiger partial charge on any atom is 0.343 e. The summed E-state index contributed by atoms with van der Waals surface area (Å²) in [6, 6.07) is 1.31. The summed E-state index contributed by atoms with van der Waals surface area (Å²) in [5, 5.41) is 3.05. The molecule has 0 atom stereocenters. The summed E-state index contributed by atoms with van der Waals surface area (Å²) in [5.74, 6) is -0.227. The molecule has 0 spiro atoms. The van der Waals surface area contributed by atoms with Gasteiger partial charge in [-0.2, -0.15) is 0 Å². The van der Waals surface area contributed by atoms with Crippen LogP contribution < -0.4 is 15.6 Å². The molecule has 0 saturated carbocycles. The highest BCUT2D eigenvalue weighted by atomic mass is 16.5. The standard InChI is InChI=1S/C11H14N2O4/c1-13-6-8(11(15)16-2)9(3-10(13)14)17-7-4-12-5-7/h3,6-7,12H,4-5H2,1-2H3. The van der Waals surface area contributed by atoms with Gasteiger partial charge in [0.05, 0.1) is 7.11 Å². The first-order chi connectivity index (χ1) is 8.11. The van der Waals surface area contributed by atoms with Crippen molar-refractivity contribution in [2.45, 2.75) is 6.10 Å². The summed E-state index contributed by atoms with van der Waals surface area (Å²) in [6.45, 7) is 1.44. The van der Waals surface area contributed by atoms with Crippen LogP contribution in [0.5, 0.6) is 5.75 Å². The number of aromatic nitrogens is 1. The second kappa shape index (κ2) is 4.58. The zero-order chi connectivity index (χ0) is 12.4. The topological polar surface area (TPSA) is 69.6 Å². The van der Waals surface area contributed by atoms with Crippen molar-refractivity contribution < 1.29 is 14.3 Å². The molecule has 0 aromatic carbocycles. The maximum atomic E-state index is 11.6. The zero-order valence-corrected chi connectivity index (χ0v) is 9.73. The zero-order valence-electron chi connectivity index (χ0n) is 9.73. The maximum absolute atomic E-state index is 11.6. The van der Waals surface area contributed by atoms with Gasteiger partial charge in [0, 0.05) is 32.4 Å². The van der Waals surface area contributed by atoms with Crippen molar-refractivity contribution in [3.05, 3.63) is 28.2 Å². The Kier molecular flexibility index (Phi) is 3.14. The van der Waals surface area contributed by atoms with Gasteiger partial charge in [-0.15, -0.1) is 0 Å². The summed E-state index contributed by atoms with van der Waals surface area (Å²) < 4.78 is 11.5. The van der Waals surface area contributed by atoms with Gasteiger partial charge in [-0.25, -0.2) is 4.79 Å². The minimum Gasteiger partial charge on any atom is -0.487 e. The number of hydrogen-bond donors (Lipinski definition) is 1. The predicted molar refractivity (Wildman–Crippen MR) is 60.3 cm³/mol. The number of nitrogens with zero attached hydrogens (tertiary/aromatic N) is 1. The van der Waals surface area contributed by atoms with Crippen molar-refractivity contribution in [1.29, 1.82) is 0 Å². The van der Waals surface area contributed by atoms with Crippen LogP contribution in [-0.4, -0.2) is 36.8 Å². The smallest absolute Gasteiger partial charge is 0.343 e. The average Bonchev–Trinajstić information content (AvgIpc) is 2.26.